The van der Waals surface area contributed by atoms with Gasteiger partial charge in [-0.2, -0.15) is 0 Å². The maximum atomic E-state index is 12.8. The molecule has 0 aliphatic carbocycles. The van der Waals surface area contributed by atoms with Crippen molar-refractivity contribution in [2.75, 3.05) is 26.4 Å². The summed E-state index contributed by atoms with van der Waals surface area (Å²) in [5, 5.41) is 0. The third kappa shape index (κ3) is 8.65. The summed E-state index contributed by atoms with van der Waals surface area (Å²) in [6.07, 6.45) is 10.6. The number of carbonyl (C=O) groups is 2. The molecule has 2 aliphatic rings. The van der Waals surface area contributed by atoms with Gasteiger partial charge in [-0.05, 0) is 98.5 Å². The molecule has 2 saturated heterocycles. The minimum absolute atomic E-state index is 0.169. The Morgan fingerprint density at radius 2 is 0.950 bits per heavy atom. The van der Waals surface area contributed by atoms with Crippen LogP contribution in [0, 0.1) is 0 Å². The molecule has 14 heteroatoms. The van der Waals surface area contributed by atoms with E-state index in [1.165, 1.54) is 0 Å². The number of aromatic amines is 2. The monoisotopic (exact) mass is 800 g/mol. The largest absolute Gasteiger partial charge is 0.437 e. The molecular formula is C46H40N8O6. The van der Waals surface area contributed by atoms with E-state index >= 15 is 0 Å². The van der Waals surface area contributed by atoms with Crippen LogP contribution in [0.5, 0.6) is 23.3 Å². The van der Waals surface area contributed by atoms with Gasteiger partial charge in [-0.25, -0.2) is 19.9 Å². The molecule has 14 nitrogen and oxygen atoms in total. The van der Waals surface area contributed by atoms with Crippen molar-refractivity contribution in [1.82, 2.24) is 39.9 Å². The maximum Gasteiger partial charge on any atom is 0.241 e. The zero-order valence-corrected chi connectivity index (χ0v) is 32.5. The molecule has 2 aliphatic heterocycles. The Morgan fingerprint density at radius 1 is 0.533 bits per heavy atom. The number of H-pyrrole nitrogens is 2. The van der Waals surface area contributed by atoms with Crippen LogP contribution in [-0.2, 0) is 9.47 Å². The number of fused-ring (bicyclic) bond motifs is 2. The Bertz CT molecular complexity index is 2480. The maximum absolute atomic E-state index is 12.8. The number of imidazole rings is 2. The summed E-state index contributed by atoms with van der Waals surface area (Å²) in [6.45, 7) is 2.82. The van der Waals surface area contributed by atoms with Gasteiger partial charge in [-0.1, -0.05) is 24.3 Å². The molecule has 8 aromatic rings. The van der Waals surface area contributed by atoms with Gasteiger partial charge in [0.05, 0.1) is 35.3 Å². The molecule has 4 aromatic carbocycles. The van der Waals surface area contributed by atoms with Crippen molar-refractivity contribution in [2.45, 2.75) is 37.5 Å². The number of carbonyl (C=O) groups excluding carboxylic acids is 2. The predicted octanol–water partition coefficient (Wildman–Crippen LogP) is 8.54. The van der Waals surface area contributed by atoms with Crippen LogP contribution in [0.15, 0.2) is 122 Å². The number of ether oxygens (including phenoxy) is 4. The molecule has 4 aromatic heterocycles. The highest BCUT2D eigenvalue weighted by atomic mass is 16.5. The lowest BCUT2D eigenvalue weighted by molar-refractivity contribution is 0.0784. The number of rotatable bonds is 10. The first-order chi connectivity index (χ1) is 29.6. The van der Waals surface area contributed by atoms with Crippen molar-refractivity contribution >= 4 is 33.6 Å². The van der Waals surface area contributed by atoms with E-state index in [0.29, 0.717) is 59.2 Å². The van der Waals surface area contributed by atoms with Gasteiger partial charge in [0.2, 0.25) is 23.3 Å². The van der Waals surface area contributed by atoms with Crippen LogP contribution >= 0.6 is 0 Å². The van der Waals surface area contributed by atoms with Gasteiger partial charge in [0.15, 0.2) is 11.6 Å². The molecule has 0 saturated carbocycles. The molecule has 6 heterocycles. The van der Waals surface area contributed by atoms with Gasteiger partial charge in [-0.15, -0.1) is 0 Å². The molecular weight excluding hydrogens is 761 g/mol. The van der Waals surface area contributed by atoms with Gasteiger partial charge in [0.25, 0.3) is 0 Å². The summed E-state index contributed by atoms with van der Waals surface area (Å²) in [6, 6.07) is 29.1. The van der Waals surface area contributed by atoms with Crippen LogP contribution < -0.4 is 9.47 Å². The van der Waals surface area contributed by atoms with Crippen molar-refractivity contribution in [1.29, 1.82) is 0 Å². The van der Waals surface area contributed by atoms with Crippen molar-refractivity contribution in [2.24, 2.45) is 0 Å². The number of nitrogens with zero attached hydrogens (tertiary/aromatic N) is 6. The standard InChI is InChI=1S/2C23H20N4O3/c2*28-21(22-26-18-5-1-2-6-19(18)27-22)15-7-9-17(10-8-15)30-23-20(24-11-12-25-23)16-4-3-13-29-14-16/h2*1-2,5-12,16H,3-4,13-14H2,(H,26,27)/t2*16-/m10/s1. The van der Waals surface area contributed by atoms with E-state index in [4.69, 9.17) is 18.9 Å². The fourth-order valence-corrected chi connectivity index (χ4v) is 7.27. The first-order valence-corrected chi connectivity index (χ1v) is 19.9. The number of ketones is 2. The van der Waals surface area contributed by atoms with E-state index in [9.17, 15) is 9.59 Å². The van der Waals surface area contributed by atoms with Gasteiger partial charge >= 0.3 is 0 Å². The Balaban J connectivity index is 0.000000154. The molecule has 2 N–H and O–H groups in total. The first-order valence-electron chi connectivity index (χ1n) is 19.9. The Morgan fingerprint density at radius 3 is 1.35 bits per heavy atom. The van der Waals surface area contributed by atoms with Gasteiger partial charge in [0, 0.05) is 61.0 Å². The second kappa shape index (κ2) is 17.8. The lowest BCUT2D eigenvalue weighted by Crippen LogP contribution is -2.17. The first kappa shape index (κ1) is 38.4. The van der Waals surface area contributed by atoms with E-state index in [-0.39, 0.29) is 23.4 Å². The lowest BCUT2D eigenvalue weighted by atomic mass is 9.98. The van der Waals surface area contributed by atoms with Crippen molar-refractivity contribution in [3.05, 3.63) is 156 Å². The zero-order valence-electron chi connectivity index (χ0n) is 32.5. The highest BCUT2D eigenvalue weighted by Crippen LogP contribution is 2.33. The quantitative estimate of drug-likeness (QED) is 0.126. The van der Waals surface area contributed by atoms with Crippen LogP contribution in [0.25, 0.3) is 22.1 Å². The zero-order chi connectivity index (χ0) is 40.7. The summed E-state index contributed by atoms with van der Waals surface area (Å²) in [7, 11) is 0. The number of hydrogen-bond acceptors (Lipinski definition) is 12. The highest BCUT2D eigenvalue weighted by molar-refractivity contribution is 6.08. The van der Waals surface area contributed by atoms with Gasteiger partial charge < -0.3 is 28.9 Å². The molecule has 0 spiro atoms. The fraction of sp³-hybridized carbons (Fsp3) is 0.217. The molecule has 2 fully saturated rings. The second-order valence-electron chi connectivity index (χ2n) is 14.4. The summed E-state index contributed by atoms with van der Waals surface area (Å²) in [4.78, 5) is 58.1. The van der Waals surface area contributed by atoms with Crippen LogP contribution in [0.4, 0.5) is 0 Å². The SMILES string of the molecule is O=C(c1ccc(Oc2nccnc2[C@@H]2CCCOC2)cc1)c1nc2ccccc2[nH]1.O=C(c1ccc(Oc2nccnc2[C@H]2CCCOC2)cc1)c1nc2ccccc2[nH]1. The Kier molecular flexibility index (Phi) is 11.4. The topological polar surface area (TPSA) is 180 Å². The summed E-state index contributed by atoms with van der Waals surface area (Å²) in [5.74, 6) is 2.79. The van der Waals surface area contributed by atoms with E-state index in [1.807, 2.05) is 48.5 Å². The molecule has 300 valence electrons. The average Bonchev–Trinajstić information content (AvgIpc) is 3.96. The summed E-state index contributed by atoms with van der Waals surface area (Å²) < 4.78 is 23.1. The van der Waals surface area contributed by atoms with Crippen LogP contribution in [-0.4, -0.2) is 77.9 Å². The minimum Gasteiger partial charge on any atom is -0.437 e. The van der Waals surface area contributed by atoms with Crippen LogP contribution in [0.3, 0.4) is 0 Å². The van der Waals surface area contributed by atoms with Crippen LogP contribution in [0.2, 0.25) is 0 Å². The summed E-state index contributed by atoms with van der Waals surface area (Å²) >= 11 is 0. The van der Waals surface area contributed by atoms with E-state index in [0.717, 1.165) is 72.4 Å². The lowest BCUT2D eigenvalue weighted by Gasteiger charge is -2.22. The second-order valence-corrected chi connectivity index (χ2v) is 14.4. The summed E-state index contributed by atoms with van der Waals surface area (Å²) in [5.41, 5.74) is 5.87. The molecule has 60 heavy (non-hydrogen) atoms. The number of nitrogens with one attached hydrogen (secondary N) is 2. The Labute approximate surface area is 344 Å². The van der Waals surface area contributed by atoms with E-state index in [1.54, 1.807) is 73.3 Å². The number of hydrogen-bond donors (Lipinski definition) is 2. The molecule has 0 radical (unpaired) electrons. The van der Waals surface area contributed by atoms with Crippen molar-refractivity contribution < 1.29 is 28.5 Å². The van der Waals surface area contributed by atoms with E-state index in [2.05, 4.69) is 39.9 Å². The molecule has 2 atom stereocenters. The average molecular weight is 801 g/mol. The molecule has 10 rings (SSSR count). The van der Waals surface area contributed by atoms with Crippen molar-refractivity contribution in [3.8, 4) is 23.3 Å². The van der Waals surface area contributed by atoms with Crippen LogP contribution in [0.1, 0.15) is 81.3 Å². The highest BCUT2D eigenvalue weighted by Gasteiger charge is 2.24. The predicted molar refractivity (Wildman–Crippen MR) is 222 cm³/mol. The fourth-order valence-electron chi connectivity index (χ4n) is 7.27. The normalized spacial score (nSPS) is 16.5. The minimum atomic E-state index is -0.169. The third-order valence-corrected chi connectivity index (χ3v) is 10.3. The third-order valence-electron chi connectivity index (χ3n) is 10.3. The van der Waals surface area contributed by atoms with Gasteiger partial charge in [-0.3, -0.25) is 19.6 Å². The molecule has 0 bridgehead atoms. The van der Waals surface area contributed by atoms with Gasteiger partial charge in [0.1, 0.15) is 22.9 Å². The molecule has 0 unspecified atom stereocenters. The molecule has 0 amide bonds. The van der Waals surface area contributed by atoms with Crippen molar-refractivity contribution in [3.63, 3.8) is 0 Å². The number of benzene rings is 4. The number of aromatic nitrogens is 8. The Hall–Kier alpha value is -7.16. The smallest absolute Gasteiger partial charge is 0.241 e. The van der Waals surface area contributed by atoms with E-state index < -0.39 is 0 Å². The number of para-hydroxylation sites is 4.